The van der Waals surface area contributed by atoms with Crippen molar-refractivity contribution in [1.82, 2.24) is 0 Å². The normalized spacial score (nSPS) is 10.8. The highest BCUT2D eigenvalue weighted by Gasteiger charge is 2.05. The average molecular weight is 307 g/mol. The van der Waals surface area contributed by atoms with Gasteiger partial charge in [-0.2, -0.15) is 0 Å². The maximum atomic E-state index is 13.8. The zero-order valence-electron chi connectivity index (χ0n) is 10.9. The van der Waals surface area contributed by atoms with Crippen molar-refractivity contribution in [2.24, 2.45) is 0 Å². The van der Waals surface area contributed by atoms with Gasteiger partial charge in [-0.1, -0.05) is 29.8 Å². The fourth-order valence-electron chi connectivity index (χ4n) is 1.69. The van der Waals surface area contributed by atoms with E-state index in [0.29, 0.717) is 10.6 Å². The number of carboxylic acid groups (broad SMARTS) is 1. The van der Waals surface area contributed by atoms with Crippen LogP contribution in [0.25, 0.3) is 6.08 Å². The molecule has 2 aromatic rings. The fourth-order valence-corrected chi connectivity index (χ4v) is 1.91. The van der Waals surface area contributed by atoms with Crippen molar-refractivity contribution in [1.29, 1.82) is 0 Å². The van der Waals surface area contributed by atoms with Crippen LogP contribution >= 0.6 is 11.6 Å². The van der Waals surface area contributed by atoms with Crippen molar-refractivity contribution in [2.45, 2.75) is 6.61 Å². The summed E-state index contributed by atoms with van der Waals surface area (Å²) in [6, 6.07) is 11.4. The first-order valence-corrected chi connectivity index (χ1v) is 6.50. The Morgan fingerprint density at radius 1 is 1.29 bits per heavy atom. The second kappa shape index (κ2) is 6.90. The molecule has 1 N–H and O–H groups in total. The van der Waals surface area contributed by atoms with Crippen LogP contribution in [-0.2, 0) is 11.4 Å². The van der Waals surface area contributed by atoms with Crippen LogP contribution in [0.2, 0.25) is 5.02 Å². The van der Waals surface area contributed by atoms with E-state index < -0.39 is 11.8 Å². The van der Waals surface area contributed by atoms with Gasteiger partial charge in [0.05, 0.1) is 0 Å². The lowest BCUT2D eigenvalue weighted by Crippen LogP contribution is -1.97. The molecule has 0 aliphatic heterocycles. The van der Waals surface area contributed by atoms with Crippen LogP contribution in [0.15, 0.2) is 48.5 Å². The molecule has 0 saturated heterocycles. The second-order valence-electron chi connectivity index (χ2n) is 4.28. The van der Waals surface area contributed by atoms with Gasteiger partial charge < -0.3 is 9.84 Å². The van der Waals surface area contributed by atoms with Gasteiger partial charge in [-0.15, -0.1) is 0 Å². The topological polar surface area (TPSA) is 46.5 Å². The van der Waals surface area contributed by atoms with Crippen LogP contribution in [0.3, 0.4) is 0 Å². The maximum Gasteiger partial charge on any atom is 0.328 e. The highest BCUT2D eigenvalue weighted by molar-refractivity contribution is 6.30. The zero-order chi connectivity index (χ0) is 15.2. The maximum absolute atomic E-state index is 13.8. The van der Waals surface area contributed by atoms with Crippen LogP contribution in [-0.4, -0.2) is 11.1 Å². The SMILES string of the molecule is O=C(O)/C=C/c1ccc(OCc2cccc(Cl)c2)c(F)c1. The summed E-state index contributed by atoms with van der Waals surface area (Å²) in [7, 11) is 0. The third kappa shape index (κ3) is 4.61. The number of carbonyl (C=O) groups is 1. The Morgan fingerprint density at radius 2 is 2.10 bits per heavy atom. The molecule has 0 radical (unpaired) electrons. The standard InChI is InChI=1S/C16H12ClFO3/c17-13-3-1-2-12(8-13)10-21-15-6-4-11(9-14(15)18)5-7-16(19)20/h1-9H,10H2,(H,19,20)/b7-5+. The van der Waals surface area contributed by atoms with Gasteiger partial charge in [-0.05, 0) is 41.5 Å². The molecule has 0 aromatic heterocycles. The quantitative estimate of drug-likeness (QED) is 0.844. The molecule has 5 heteroatoms. The van der Waals surface area contributed by atoms with Crippen molar-refractivity contribution in [3.63, 3.8) is 0 Å². The molecule has 2 aromatic carbocycles. The van der Waals surface area contributed by atoms with Crippen molar-refractivity contribution >= 4 is 23.6 Å². The molecule has 0 aliphatic carbocycles. The Labute approximate surface area is 126 Å². The van der Waals surface area contributed by atoms with E-state index in [4.69, 9.17) is 21.4 Å². The predicted octanol–water partition coefficient (Wildman–Crippen LogP) is 4.16. The van der Waals surface area contributed by atoms with Gasteiger partial charge in [0, 0.05) is 11.1 Å². The zero-order valence-corrected chi connectivity index (χ0v) is 11.7. The van der Waals surface area contributed by atoms with Crippen LogP contribution < -0.4 is 4.74 Å². The fraction of sp³-hybridized carbons (Fsp3) is 0.0625. The van der Waals surface area contributed by atoms with Gasteiger partial charge in [0.2, 0.25) is 0 Å². The first kappa shape index (κ1) is 15.1. The van der Waals surface area contributed by atoms with Gasteiger partial charge in [0.1, 0.15) is 6.61 Å². The molecule has 0 saturated carbocycles. The third-order valence-corrected chi connectivity index (χ3v) is 2.89. The lowest BCUT2D eigenvalue weighted by Gasteiger charge is -2.08. The minimum atomic E-state index is -1.09. The number of rotatable bonds is 5. The van der Waals surface area contributed by atoms with Crippen molar-refractivity contribution in [3.8, 4) is 5.75 Å². The van der Waals surface area contributed by atoms with E-state index in [-0.39, 0.29) is 12.4 Å². The summed E-state index contributed by atoms with van der Waals surface area (Å²) in [6.07, 6.45) is 2.26. The molecule has 0 unspecified atom stereocenters. The third-order valence-electron chi connectivity index (χ3n) is 2.66. The molecule has 0 bridgehead atoms. The van der Waals surface area contributed by atoms with Gasteiger partial charge in [-0.25, -0.2) is 9.18 Å². The number of ether oxygens (including phenoxy) is 1. The van der Waals surface area contributed by atoms with Crippen molar-refractivity contribution in [2.75, 3.05) is 0 Å². The van der Waals surface area contributed by atoms with Gasteiger partial charge >= 0.3 is 5.97 Å². The largest absolute Gasteiger partial charge is 0.486 e. The second-order valence-corrected chi connectivity index (χ2v) is 4.72. The summed E-state index contributed by atoms with van der Waals surface area (Å²) < 4.78 is 19.2. The van der Waals surface area contributed by atoms with Gasteiger partial charge in [0.25, 0.3) is 0 Å². The average Bonchev–Trinajstić information content (AvgIpc) is 2.44. The summed E-state index contributed by atoms with van der Waals surface area (Å²) in [5.74, 6) is -1.54. The minimum Gasteiger partial charge on any atom is -0.486 e. The molecule has 21 heavy (non-hydrogen) atoms. The number of halogens is 2. The van der Waals surface area contributed by atoms with E-state index in [0.717, 1.165) is 11.6 Å². The Hall–Kier alpha value is -2.33. The Bertz CT molecular complexity index is 683. The monoisotopic (exact) mass is 306 g/mol. The number of carboxylic acids is 1. The molecular formula is C16H12ClFO3. The number of hydrogen-bond acceptors (Lipinski definition) is 2. The summed E-state index contributed by atoms with van der Waals surface area (Å²) in [6.45, 7) is 0.196. The van der Waals surface area contributed by atoms with Crippen molar-refractivity contribution < 1.29 is 19.0 Å². The van der Waals surface area contributed by atoms with Crippen molar-refractivity contribution in [3.05, 3.63) is 70.5 Å². The number of aliphatic carboxylic acids is 1. The highest BCUT2D eigenvalue weighted by Crippen LogP contribution is 2.21. The van der Waals surface area contributed by atoms with Crippen LogP contribution in [0.1, 0.15) is 11.1 Å². The molecular weight excluding hydrogens is 295 g/mol. The molecule has 0 spiro atoms. The Kier molecular flexibility index (Phi) is 4.95. The molecule has 0 heterocycles. The van der Waals surface area contributed by atoms with E-state index in [9.17, 15) is 9.18 Å². The molecule has 0 atom stereocenters. The molecule has 0 fully saturated rings. The van der Waals surface area contributed by atoms with Crippen LogP contribution in [0.4, 0.5) is 4.39 Å². The first-order chi connectivity index (χ1) is 10.0. The summed E-state index contributed by atoms with van der Waals surface area (Å²) in [4.78, 5) is 10.4. The van der Waals surface area contributed by atoms with Crippen LogP contribution in [0.5, 0.6) is 5.75 Å². The smallest absolute Gasteiger partial charge is 0.328 e. The Morgan fingerprint density at radius 3 is 2.76 bits per heavy atom. The number of hydrogen-bond donors (Lipinski definition) is 1. The van der Waals surface area contributed by atoms with E-state index in [1.54, 1.807) is 24.3 Å². The molecule has 0 aliphatic rings. The lowest BCUT2D eigenvalue weighted by molar-refractivity contribution is -0.131. The number of benzene rings is 2. The van der Waals surface area contributed by atoms with E-state index >= 15 is 0 Å². The first-order valence-electron chi connectivity index (χ1n) is 6.12. The molecule has 108 valence electrons. The van der Waals surface area contributed by atoms with Gasteiger partial charge in [0.15, 0.2) is 11.6 Å². The summed E-state index contributed by atoms with van der Waals surface area (Å²) in [5, 5.41) is 9.10. The van der Waals surface area contributed by atoms with Crippen LogP contribution in [0, 0.1) is 5.82 Å². The predicted molar refractivity (Wildman–Crippen MR) is 78.9 cm³/mol. The molecule has 0 amide bonds. The van der Waals surface area contributed by atoms with E-state index in [2.05, 4.69) is 0 Å². The molecule has 3 nitrogen and oxygen atoms in total. The highest BCUT2D eigenvalue weighted by atomic mass is 35.5. The van der Waals surface area contributed by atoms with E-state index in [1.165, 1.54) is 18.2 Å². The van der Waals surface area contributed by atoms with E-state index in [1.807, 2.05) is 6.07 Å². The Balaban J connectivity index is 2.06. The minimum absolute atomic E-state index is 0.0995. The van der Waals surface area contributed by atoms with Gasteiger partial charge in [-0.3, -0.25) is 0 Å². The summed E-state index contributed by atoms with van der Waals surface area (Å²) in [5.41, 5.74) is 1.28. The lowest BCUT2D eigenvalue weighted by atomic mass is 10.2. The molecule has 2 rings (SSSR count). The summed E-state index contributed by atoms with van der Waals surface area (Å²) >= 11 is 5.85.